The largest absolute Gasteiger partial charge is 0.383 e. The number of allylic oxidation sites excluding steroid dienone is 1. The molecule has 0 radical (unpaired) electrons. The van der Waals surface area contributed by atoms with Crippen molar-refractivity contribution in [1.29, 1.82) is 0 Å². The smallest absolute Gasteiger partial charge is 0.344 e. The number of pyridine rings is 1. The highest BCUT2D eigenvalue weighted by molar-refractivity contribution is 5.99. The molecule has 0 bridgehead atoms. The Hall–Kier alpha value is -4.29. The number of aryl methyl sites for hydroxylation is 1. The summed E-state index contributed by atoms with van der Waals surface area (Å²) < 4.78 is 27.6. The number of amides is 1. The number of halogens is 2. The van der Waals surface area contributed by atoms with Crippen molar-refractivity contribution in [2.75, 3.05) is 17.7 Å². The van der Waals surface area contributed by atoms with Gasteiger partial charge in [-0.05, 0) is 0 Å². The molecule has 13 heteroatoms. The molecule has 1 aliphatic heterocycles. The molecule has 4 heterocycles. The molecular formula is C18H17F2N9O2. The lowest BCUT2D eigenvalue weighted by Gasteiger charge is -2.22. The summed E-state index contributed by atoms with van der Waals surface area (Å²) in [4.78, 5) is 34.2. The lowest BCUT2D eigenvalue weighted by Crippen LogP contribution is -2.25. The number of hydroxylamine groups is 2. The summed E-state index contributed by atoms with van der Waals surface area (Å²) in [6.45, 7) is -2.88. The van der Waals surface area contributed by atoms with Gasteiger partial charge in [-0.1, -0.05) is 0 Å². The second-order valence-electron chi connectivity index (χ2n) is 6.40. The summed E-state index contributed by atoms with van der Waals surface area (Å²) >= 11 is 0. The zero-order valence-electron chi connectivity index (χ0n) is 16.4. The van der Waals surface area contributed by atoms with Crippen LogP contribution in [0.4, 0.5) is 20.4 Å². The van der Waals surface area contributed by atoms with Crippen LogP contribution in [-0.2, 0) is 11.9 Å². The van der Waals surface area contributed by atoms with Gasteiger partial charge in [0.15, 0.2) is 17.3 Å². The van der Waals surface area contributed by atoms with Gasteiger partial charge in [-0.3, -0.25) is 9.78 Å². The van der Waals surface area contributed by atoms with Crippen molar-refractivity contribution in [3.05, 3.63) is 48.7 Å². The van der Waals surface area contributed by atoms with E-state index in [4.69, 9.17) is 5.73 Å². The number of primary amides is 1. The van der Waals surface area contributed by atoms with E-state index in [-0.39, 0.29) is 17.2 Å². The number of nitrogens with zero attached hydrogens (tertiary/aromatic N) is 6. The van der Waals surface area contributed by atoms with Gasteiger partial charge in [0.1, 0.15) is 17.5 Å². The van der Waals surface area contributed by atoms with Crippen LogP contribution in [0.2, 0.25) is 0 Å². The molecule has 11 nitrogen and oxygen atoms in total. The number of nitrogens with one attached hydrogen (secondary N) is 2. The van der Waals surface area contributed by atoms with Crippen LogP contribution in [0.15, 0.2) is 43.0 Å². The number of imidazole rings is 1. The zero-order valence-corrected chi connectivity index (χ0v) is 16.4. The van der Waals surface area contributed by atoms with Crippen molar-refractivity contribution in [2.45, 2.75) is 6.55 Å². The van der Waals surface area contributed by atoms with Gasteiger partial charge in [0.05, 0.1) is 35.5 Å². The van der Waals surface area contributed by atoms with Gasteiger partial charge in [-0.15, -0.1) is 0 Å². The number of hydrogen-bond acceptors (Lipinski definition) is 9. The average Bonchev–Trinajstić information content (AvgIpc) is 3.14. The van der Waals surface area contributed by atoms with Gasteiger partial charge < -0.3 is 25.8 Å². The highest BCUT2D eigenvalue weighted by Crippen LogP contribution is 2.32. The molecule has 3 aromatic heterocycles. The Bertz CT molecular complexity index is 1220. The van der Waals surface area contributed by atoms with Crippen LogP contribution < -0.4 is 16.4 Å². The Morgan fingerprint density at radius 3 is 2.77 bits per heavy atom. The Kier molecular flexibility index (Phi) is 5.07. The van der Waals surface area contributed by atoms with Gasteiger partial charge in [0.2, 0.25) is 0 Å². The summed E-state index contributed by atoms with van der Waals surface area (Å²) in [6.07, 6.45) is 8.31. The second kappa shape index (κ2) is 7.85. The van der Waals surface area contributed by atoms with E-state index in [2.05, 4.69) is 35.4 Å². The minimum Gasteiger partial charge on any atom is -0.383 e. The van der Waals surface area contributed by atoms with E-state index in [1.54, 1.807) is 30.3 Å². The van der Waals surface area contributed by atoms with Crippen molar-refractivity contribution in [2.24, 2.45) is 12.8 Å². The topological polar surface area (TPSA) is 136 Å². The first-order chi connectivity index (χ1) is 14.9. The van der Waals surface area contributed by atoms with Gasteiger partial charge in [-0.25, -0.2) is 15.0 Å². The lowest BCUT2D eigenvalue weighted by molar-refractivity contribution is -0.186. The Morgan fingerprint density at radius 2 is 2.06 bits per heavy atom. The molecule has 160 valence electrons. The molecule has 0 saturated carbocycles. The summed E-state index contributed by atoms with van der Waals surface area (Å²) in [6, 6.07) is 0. The van der Waals surface area contributed by atoms with E-state index in [0.717, 1.165) is 18.0 Å². The molecule has 3 aromatic rings. The lowest BCUT2D eigenvalue weighted by atomic mass is 10.1. The van der Waals surface area contributed by atoms with Crippen molar-refractivity contribution in [3.8, 4) is 11.3 Å². The Balaban J connectivity index is 1.82. The maximum Gasteiger partial charge on any atom is 0.344 e. The maximum atomic E-state index is 12.9. The summed E-state index contributed by atoms with van der Waals surface area (Å²) in [5.41, 5.74) is 7.74. The van der Waals surface area contributed by atoms with Crippen molar-refractivity contribution in [1.82, 2.24) is 29.6 Å². The number of nitrogens with two attached hydrogens (primary N) is 1. The molecule has 0 atom stereocenters. The molecular weight excluding hydrogens is 412 g/mol. The van der Waals surface area contributed by atoms with E-state index in [1.165, 1.54) is 6.08 Å². The molecule has 0 spiro atoms. The predicted molar refractivity (Wildman–Crippen MR) is 107 cm³/mol. The van der Waals surface area contributed by atoms with Crippen LogP contribution >= 0.6 is 0 Å². The first-order valence-corrected chi connectivity index (χ1v) is 8.92. The molecule has 0 unspecified atom stereocenters. The van der Waals surface area contributed by atoms with Crippen LogP contribution in [0.5, 0.6) is 0 Å². The Morgan fingerprint density at radius 1 is 1.26 bits per heavy atom. The third-order valence-electron chi connectivity index (χ3n) is 4.41. The first-order valence-electron chi connectivity index (χ1n) is 8.92. The molecule has 4 N–H and O–H groups in total. The fourth-order valence-electron chi connectivity index (χ4n) is 2.97. The standard InChI is InChI=1S/C18H17F2N9O2/c1-22-16-13(10-5-23-6-11-12(10)24-8-28(11)2)26-14(15(21)30)17(27-16)25-9-3-4-31-29(7-9)18(19)20/h3-8,18H,1-2H3,(H2,21,30)(H2,22,25,27). The molecule has 1 amide bonds. The molecule has 0 aromatic carbocycles. The minimum absolute atomic E-state index is 0.0197. The van der Waals surface area contributed by atoms with Gasteiger partial charge >= 0.3 is 6.55 Å². The normalized spacial score (nSPS) is 13.3. The van der Waals surface area contributed by atoms with E-state index < -0.39 is 12.5 Å². The van der Waals surface area contributed by atoms with Gasteiger partial charge in [0.25, 0.3) is 5.91 Å². The SMILES string of the molecule is CNc1nc(NC2=CN(C(F)F)OC=C2)c(C(N)=O)nc1-c1cncc2c1ncn2C. The number of anilines is 2. The first kappa shape index (κ1) is 20.0. The quantitative estimate of drug-likeness (QED) is 0.501. The van der Waals surface area contributed by atoms with Crippen LogP contribution in [0, 0.1) is 0 Å². The number of alkyl halides is 2. The number of rotatable bonds is 6. The maximum absolute atomic E-state index is 12.9. The molecule has 1 aliphatic rings. The number of fused-ring (bicyclic) bond motifs is 1. The monoisotopic (exact) mass is 429 g/mol. The highest BCUT2D eigenvalue weighted by Gasteiger charge is 2.23. The summed E-state index contributed by atoms with van der Waals surface area (Å²) in [5, 5.41) is 6.03. The number of carbonyl (C=O) groups is 1. The molecule has 31 heavy (non-hydrogen) atoms. The highest BCUT2D eigenvalue weighted by atomic mass is 19.3. The van der Waals surface area contributed by atoms with Crippen LogP contribution in [-0.4, -0.2) is 49.1 Å². The van der Waals surface area contributed by atoms with Crippen LogP contribution in [0.3, 0.4) is 0 Å². The van der Waals surface area contributed by atoms with Crippen LogP contribution in [0.1, 0.15) is 10.5 Å². The average molecular weight is 429 g/mol. The third-order valence-corrected chi connectivity index (χ3v) is 4.41. The number of aromatic nitrogens is 5. The molecule has 0 saturated heterocycles. The van der Waals surface area contributed by atoms with E-state index >= 15 is 0 Å². The predicted octanol–water partition coefficient (Wildman–Crippen LogP) is 1.80. The fraction of sp³-hybridized carbons (Fsp3) is 0.167. The van der Waals surface area contributed by atoms with Gasteiger partial charge in [-0.2, -0.15) is 13.8 Å². The zero-order chi connectivity index (χ0) is 22.1. The summed E-state index contributed by atoms with van der Waals surface area (Å²) in [5.74, 6) is -0.578. The van der Waals surface area contributed by atoms with Crippen molar-refractivity contribution in [3.63, 3.8) is 0 Å². The van der Waals surface area contributed by atoms with E-state index in [0.29, 0.717) is 27.7 Å². The summed E-state index contributed by atoms with van der Waals surface area (Å²) in [7, 11) is 3.45. The number of carbonyl (C=O) groups excluding carboxylic acids is 1. The fourth-order valence-corrected chi connectivity index (χ4v) is 2.97. The van der Waals surface area contributed by atoms with Gasteiger partial charge in [0, 0.05) is 26.4 Å². The van der Waals surface area contributed by atoms with E-state index in [9.17, 15) is 13.6 Å². The Labute approximate surface area is 174 Å². The number of hydrogen-bond donors (Lipinski definition) is 3. The van der Waals surface area contributed by atoms with Crippen molar-refractivity contribution >= 4 is 28.6 Å². The third kappa shape index (κ3) is 3.68. The van der Waals surface area contributed by atoms with E-state index in [1.807, 2.05) is 7.05 Å². The molecule has 4 rings (SSSR count). The van der Waals surface area contributed by atoms with Crippen LogP contribution in [0.25, 0.3) is 22.3 Å². The minimum atomic E-state index is -2.88. The van der Waals surface area contributed by atoms with Crippen molar-refractivity contribution < 1.29 is 18.4 Å². The molecule has 0 aliphatic carbocycles. The molecule has 0 fully saturated rings. The second-order valence-corrected chi connectivity index (χ2v) is 6.40.